The van der Waals surface area contributed by atoms with Crippen LogP contribution in [0.3, 0.4) is 0 Å². The van der Waals surface area contributed by atoms with Crippen molar-refractivity contribution in [2.45, 2.75) is 45.8 Å². The van der Waals surface area contributed by atoms with Crippen molar-refractivity contribution in [1.29, 1.82) is 0 Å². The predicted octanol–water partition coefficient (Wildman–Crippen LogP) is 2.09. The molecule has 1 unspecified atom stereocenters. The summed E-state index contributed by atoms with van der Waals surface area (Å²) in [5, 5.41) is 11.3. The van der Waals surface area contributed by atoms with Gasteiger partial charge < -0.3 is 19.8 Å². The Labute approximate surface area is 154 Å². The number of furan rings is 1. The van der Waals surface area contributed by atoms with Crippen molar-refractivity contribution >= 4 is 5.96 Å². The highest BCUT2D eigenvalue weighted by Crippen LogP contribution is 2.13. The van der Waals surface area contributed by atoms with Crippen molar-refractivity contribution in [3.8, 4) is 0 Å². The van der Waals surface area contributed by atoms with Crippen LogP contribution in [0.15, 0.2) is 27.8 Å². The van der Waals surface area contributed by atoms with E-state index in [2.05, 4.69) is 22.7 Å². The van der Waals surface area contributed by atoms with Crippen molar-refractivity contribution in [2.24, 2.45) is 12.0 Å². The Bertz CT molecular complexity index is 715. The molecule has 26 heavy (non-hydrogen) atoms. The molecule has 0 aliphatic carbocycles. The van der Waals surface area contributed by atoms with Gasteiger partial charge in [0.2, 0.25) is 0 Å². The lowest BCUT2D eigenvalue weighted by molar-refractivity contribution is 0.114. The molecule has 0 aromatic carbocycles. The Kier molecular flexibility index (Phi) is 6.33. The fraction of sp³-hybridized carbons (Fsp3) is 0.579. The van der Waals surface area contributed by atoms with Gasteiger partial charge in [-0.15, -0.1) is 0 Å². The average Bonchev–Trinajstić information content (AvgIpc) is 3.36. The van der Waals surface area contributed by atoms with Crippen molar-refractivity contribution in [1.82, 2.24) is 20.4 Å². The van der Waals surface area contributed by atoms with Crippen LogP contribution in [0.2, 0.25) is 0 Å². The number of nitrogens with one attached hydrogen (secondary N) is 2. The number of nitrogens with zero attached hydrogens (tertiary/aromatic N) is 3. The fourth-order valence-electron chi connectivity index (χ4n) is 3.15. The zero-order valence-corrected chi connectivity index (χ0v) is 15.9. The van der Waals surface area contributed by atoms with E-state index in [0.29, 0.717) is 6.54 Å². The highest BCUT2D eigenvalue weighted by atomic mass is 16.5. The highest BCUT2D eigenvalue weighted by molar-refractivity contribution is 5.79. The number of rotatable bonds is 7. The van der Waals surface area contributed by atoms with Gasteiger partial charge in [-0.1, -0.05) is 0 Å². The first kappa shape index (κ1) is 18.5. The second-order valence-corrected chi connectivity index (χ2v) is 6.71. The Hall–Kier alpha value is -2.28. The number of hydrogen-bond donors (Lipinski definition) is 2. The molecule has 142 valence electrons. The highest BCUT2D eigenvalue weighted by Gasteiger charge is 2.16. The van der Waals surface area contributed by atoms with E-state index in [1.54, 1.807) is 6.26 Å². The molecule has 2 N–H and O–H groups in total. The van der Waals surface area contributed by atoms with Gasteiger partial charge >= 0.3 is 0 Å². The molecule has 0 spiro atoms. The summed E-state index contributed by atoms with van der Waals surface area (Å²) in [6, 6.07) is 3.90. The summed E-state index contributed by atoms with van der Waals surface area (Å²) >= 11 is 0. The van der Waals surface area contributed by atoms with Gasteiger partial charge in [0, 0.05) is 44.4 Å². The average molecular weight is 359 g/mol. The Morgan fingerprint density at radius 1 is 1.38 bits per heavy atom. The van der Waals surface area contributed by atoms with Crippen LogP contribution < -0.4 is 10.6 Å². The number of hydrogen-bond acceptors (Lipinski definition) is 4. The lowest BCUT2D eigenvalue weighted by atomic mass is 10.2. The molecule has 1 aliphatic heterocycles. The zero-order valence-electron chi connectivity index (χ0n) is 15.9. The van der Waals surface area contributed by atoms with E-state index in [1.807, 2.05) is 30.8 Å². The van der Waals surface area contributed by atoms with E-state index in [1.165, 1.54) is 5.56 Å². The van der Waals surface area contributed by atoms with Crippen LogP contribution in [-0.2, 0) is 24.8 Å². The van der Waals surface area contributed by atoms with Gasteiger partial charge in [-0.2, -0.15) is 5.10 Å². The minimum atomic E-state index is 0.272. The largest absolute Gasteiger partial charge is 0.469 e. The molecule has 7 nitrogen and oxygen atoms in total. The molecule has 2 aromatic heterocycles. The van der Waals surface area contributed by atoms with E-state index in [4.69, 9.17) is 14.1 Å². The Morgan fingerprint density at radius 3 is 2.92 bits per heavy atom. The number of aliphatic imine (C=N–C) groups is 1. The summed E-state index contributed by atoms with van der Waals surface area (Å²) in [4.78, 5) is 4.76. The minimum absolute atomic E-state index is 0.272. The molecule has 3 rings (SSSR count). The van der Waals surface area contributed by atoms with E-state index < -0.39 is 0 Å². The summed E-state index contributed by atoms with van der Waals surface area (Å²) in [6.45, 7) is 7.11. The summed E-state index contributed by atoms with van der Waals surface area (Å²) in [5.41, 5.74) is 3.36. The zero-order chi connectivity index (χ0) is 18.4. The maximum atomic E-state index is 5.70. The Balaban J connectivity index is 1.60. The summed E-state index contributed by atoms with van der Waals surface area (Å²) in [5.74, 6) is 1.77. The van der Waals surface area contributed by atoms with Crippen molar-refractivity contribution in [3.63, 3.8) is 0 Å². The second-order valence-electron chi connectivity index (χ2n) is 6.71. The summed E-state index contributed by atoms with van der Waals surface area (Å²) < 4.78 is 13.0. The van der Waals surface area contributed by atoms with Crippen LogP contribution in [0, 0.1) is 13.8 Å². The van der Waals surface area contributed by atoms with Gasteiger partial charge in [0.15, 0.2) is 5.96 Å². The van der Waals surface area contributed by atoms with Crippen molar-refractivity contribution < 1.29 is 9.15 Å². The molecule has 1 fully saturated rings. The molecule has 1 saturated heterocycles. The number of aryl methyl sites for hydroxylation is 2. The van der Waals surface area contributed by atoms with Crippen LogP contribution in [0.5, 0.6) is 0 Å². The maximum absolute atomic E-state index is 5.70. The lowest BCUT2D eigenvalue weighted by Crippen LogP contribution is -2.41. The van der Waals surface area contributed by atoms with Crippen LogP contribution in [0.25, 0.3) is 0 Å². The first-order chi connectivity index (χ1) is 12.6. The predicted molar refractivity (Wildman–Crippen MR) is 101 cm³/mol. The van der Waals surface area contributed by atoms with E-state index in [9.17, 15) is 0 Å². The molecular weight excluding hydrogens is 330 g/mol. The van der Waals surface area contributed by atoms with Crippen molar-refractivity contribution in [2.75, 3.05) is 19.7 Å². The number of guanidine groups is 1. The monoisotopic (exact) mass is 359 g/mol. The van der Waals surface area contributed by atoms with E-state index in [0.717, 1.165) is 62.1 Å². The van der Waals surface area contributed by atoms with Gasteiger partial charge in [0.1, 0.15) is 5.76 Å². The molecule has 0 bridgehead atoms. The van der Waals surface area contributed by atoms with Crippen LogP contribution in [0.1, 0.15) is 35.6 Å². The quantitative estimate of drug-likeness (QED) is 0.585. The van der Waals surface area contributed by atoms with Crippen LogP contribution in [-0.4, -0.2) is 41.5 Å². The first-order valence-electron chi connectivity index (χ1n) is 9.28. The molecule has 7 heteroatoms. The number of aromatic nitrogens is 2. The molecule has 2 aromatic rings. The normalized spacial score (nSPS) is 17.7. The van der Waals surface area contributed by atoms with E-state index >= 15 is 0 Å². The van der Waals surface area contributed by atoms with Gasteiger partial charge in [-0.05, 0) is 38.8 Å². The molecule has 0 radical (unpaired) electrons. The van der Waals surface area contributed by atoms with Gasteiger partial charge in [0.05, 0.1) is 24.6 Å². The summed E-state index contributed by atoms with van der Waals surface area (Å²) in [6.07, 6.45) is 5.03. The fourth-order valence-corrected chi connectivity index (χ4v) is 3.15. The summed E-state index contributed by atoms with van der Waals surface area (Å²) in [7, 11) is 1.97. The van der Waals surface area contributed by atoms with Crippen LogP contribution >= 0.6 is 0 Å². The third-order valence-corrected chi connectivity index (χ3v) is 4.82. The standard InChI is InChI=1S/C19H29N5O2/c1-14-18(15(2)24(3)23-14)13-22-19(21-12-17-7-5-11-26-17)20-9-8-16-6-4-10-25-16/h4,6,10,17H,5,7-9,11-13H2,1-3H3,(H2,20,21,22). The van der Waals surface area contributed by atoms with Crippen molar-refractivity contribution in [3.05, 3.63) is 41.1 Å². The first-order valence-corrected chi connectivity index (χ1v) is 9.28. The minimum Gasteiger partial charge on any atom is -0.469 e. The lowest BCUT2D eigenvalue weighted by Gasteiger charge is -2.15. The smallest absolute Gasteiger partial charge is 0.191 e. The van der Waals surface area contributed by atoms with Crippen LogP contribution in [0.4, 0.5) is 0 Å². The molecule has 1 atom stereocenters. The number of ether oxygens (including phenoxy) is 1. The maximum Gasteiger partial charge on any atom is 0.191 e. The Morgan fingerprint density at radius 2 is 2.27 bits per heavy atom. The molecular formula is C19H29N5O2. The van der Waals surface area contributed by atoms with Gasteiger partial charge in [-0.3, -0.25) is 4.68 Å². The van der Waals surface area contributed by atoms with Gasteiger partial charge in [0.25, 0.3) is 0 Å². The van der Waals surface area contributed by atoms with E-state index in [-0.39, 0.29) is 6.10 Å². The molecule has 3 heterocycles. The second kappa shape index (κ2) is 8.89. The SMILES string of the molecule is Cc1nn(C)c(C)c1CN=C(NCCc1ccco1)NCC1CCCO1. The molecule has 1 aliphatic rings. The molecule has 0 saturated carbocycles. The van der Waals surface area contributed by atoms with Gasteiger partial charge in [-0.25, -0.2) is 4.99 Å². The third-order valence-electron chi connectivity index (χ3n) is 4.82. The topological polar surface area (TPSA) is 76.6 Å². The molecule has 0 amide bonds. The third kappa shape index (κ3) is 4.88.